The molecule has 60 valence electrons. The summed E-state index contributed by atoms with van der Waals surface area (Å²) < 4.78 is 1.31. The number of phenols is 1. The van der Waals surface area contributed by atoms with Crippen LogP contribution in [0.1, 0.15) is 5.56 Å². The van der Waals surface area contributed by atoms with E-state index in [-0.39, 0.29) is 5.75 Å². The molecule has 4 heteroatoms. The lowest BCUT2D eigenvalue weighted by Crippen LogP contribution is -1.79. The van der Waals surface area contributed by atoms with Crippen LogP contribution in [0.15, 0.2) is 15.0 Å². The van der Waals surface area contributed by atoms with E-state index >= 15 is 0 Å². The smallest absolute Gasteiger partial charge is 0.134 e. The third kappa shape index (κ3) is 1.71. The first-order valence-electron chi connectivity index (χ1n) is 2.87. The Morgan fingerprint density at radius 1 is 1.45 bits per heavy atom. The lowest BCUT2D eigenvalue weighted by molar-refractivity contribution is 0.467. The molecule has 0 atom stereocenters. The average molecular weight is 300 g/mol. The molecular weight excluding hydrogens is 295 g/mol. The second-order valence-corrected chi connectivity index (χ2v) is 4.18. The Morgan fingerprint density at radius 3 is 2.55 bits per heavy atom. The van der Waals surface area contributed by atoms with Crippen LogP contribution < -0.4 is 0 Å². The Labute approximate surface area is 86.6 Å². The molecule has 1 rings (SSSR count). The number of hydrogen-bond acceptors (Lipinski definition) is 1. The summed E-state index contributed by atoms with van der Waals surface area (Å²) >= 11 is 12.2. The molecule has 0 saturated carbocycles. The van der Waals surface area contributed by atoms with Crippen molar-refractivity contribution in [3.05, 3.63) is 25.6 Å². The van der Waals surface area contributed by atoms with Crippen molar-refractivity contribution >= 4 is 43.5 Å². The third-order valence-corrected chi connectivity index (χ3v) is 3.57. The Balaban J connectivity index is 3.46. The predicted molar refractivity (Wildman–Crippen MR) is 53.3 cm³/mol. The summed E-state index contributed by atoms with van der Waals surface area (Å²) in [5.41, 5.74) is 0.785. The normalized spacial score (nSPS) is 10.2. The van der Waals surface area contributed by atoms with Crippen molar-refractivity contribution in [3.8, 4) is 5.75 Å². The molecule has 1 N–H and O–H groups in total. The lowest BCUT2D eigenvalue weighted by atomic mass is 10.2. The van der Waals surface area contributed by atoms with Gasteiger partial charge in [-0.15, -0.1) is 0 Å². The molecule has 1 nitrogen and oxygen atoms in total. The number of benzene rings is 1. The van der Waals surface area contributed by atoms with E-state index < -0.39 is 0 Å². The summed E-state index contributed by atoms with van der Waals surface area (Å²) in [5, 5.41) is 9.85. The van der Waals surface area contributed by atoms with Gasteiger partial charge in [-0.25, -0.2) is 0 Å². The summed E-state index contributed by atoms with van der Waals surface area (Å²) in [6.45, 7) is 1.81. The molecule has 0 aromatic heterocycles. The lowest BCUT2D eigenvalue weighted by Gasteiger charge is -2.04. The predicted octanol–water partition coefficient (Wildman–Crippen LogP) is 3.88. The highest BCUT2D eigenvalue weighted by Crippen LogP contribution is 2.39. The van der Waals surface area contributed by atoms with Crippen molar-refractivity contribution in [2.45, 2.75) is 6.92 Å². The zero-order valence-electron chi connectivity index (χ0n) is 5.66. The molecule has 0 amide bonds. The van der Waals surface area contributed by atoms with Gasteiger partial charge in [0, 0.05) is 4.47 Å². The molecule has 1 aromatic carbocycles. The molecule has 0 aliphatic rings. The molecule has 0 aliphatic carbocycles. The largest absolute Gasteiger partial charge is 0.506 e. The zero-order valence-corrected chi connectivity index (χ0v) is 9.59. The Kier molecular flexibility index (Phi) is 2.84. The van der Waals surface area contributed by atoms with E-state index in [4.69, 9.17) is 11.6 Å². The fourth-order valence-corrected chi connectivity index (χ4v) is 2.18. The standard InChI is InChI=1S/C7H5Br2ClO/c1-3-2-4(8)6(10)5(9)7(3)11/h2,11H,1H3. The van der Waals surface area contributed by atoms with E-state index in [0.29, 0.717) is 9.50 Å². The first kappa shape index (κ1) is 9.36. The molecular formula is C7H5Br2ClO. The average Bonchev–Trinajstić information content (AvgIpc) is 1.97. The van der Waals surface area contributed by atoms with Crippen molar-refractivity contribution in [2.75, 3.05) is 0 Å². The number of aryl methyl sites for hydroxylation is 1. The summed E-state index contributed by atoms with van der Waals surface area (Å²) in [7, 11) is 0. The van der Waals surface area contributed by atoms with Gasteiger partial charge in [0.2, 0.25) is 0 Å². The number of phenolic OH excluding ortho intramolecular Hbond substituents is 1. The van der Waals surface area contributed by atoms with Crippen molar-refractivity contribution < 1.29 is 5.11 Å². The molecule has 0 unspecified atom stereocenters. The van der Waals surface area contributed by atoms with Crippen LogP contribution in [0, 0.1) is 6.92 Å². The van der Waals surface area contributed by atoms with Crippen molar-refractivity contribution in [2.24, 2.45) is 0 Å². The van der Waals surface area contributed by atoms with E-state index in [1.54, 1.807) is 13.0 Å². The third-order valence-electron chi connectivity index (χ3n) is 1.33. The minimum absolute atomic E-state index is 0.193. The summed E-state index contributed by atoms with van der Waals surface area (Å²) in [6, 6.07) is 1.77. The Morgan fingerprint density at radius 2 is 2.00 bits per heavy atom. The van der Waals surface area contributed by atoms with E-state index in [2.05, 4.69) is 31.9 Å². The molecule has 0 spiro atoms. The van der Waals surface area contributed by atoms with Gasteiger partial charge in [-0.3, -0.25) is 0 Å². The number of aromatic hydroxyl groups is 1. The molecule has 11 heavy (non-hydrogen) atoms. The minimum atomic E-state index is 0.193. The van der Waals surface area contributed by atoms with Crippen LogP contribution >= 0.6 is 43.5 Å². The van der Waals surface area contributed by atoms with Crippen LogP contribution in [0.25, 0.3) is 0 Å². The molecule has 0 heterocycles. The van der Waals surface area contributed by atoms with Gasteiger partial charge < -0.3 is 5.11 Å². The van der Waals surface area contributed by atoms with Gasteiger partial charge in [0.25, 0.3) is 0 Å². The van der Waals surface area contributed by atoms with E-state index in [1.165, 1.54) is 0 Å². The van der Waals surface area contributed by atoms with Crippen LogP contribution in [0.2, 0.25) is 5.02 Å². The zero-order chi connectivity index (χ0) is 8.59. The molecule has 0 bridgehead atoms. The van der Waals surface area contributed by atoms with Gasteiger partial charge in [-0.05, 0) is 50.4 Å². The highest BCUT2D eigenvalue weighted by atomic mass is 79.9. The monoisotopic (exact) mass is 298 g/mol. The second kappa shape index (κ2) is 3.33. The van der Waals surface area contributed by atoms with E-state index in [0.717, 1.165) is 10.0 Å². The Bertz CT molecular complexity index is 273. The van der Waals surface area contributed by atoms with Crippen molar-refractivity contribution in [1.29, 1.82) is 0 Å². The SMILES string of the molecule is Cc1cc(Br)c(Cl)c(Br)c1O. The topological polar surface area (TPSA) is 20.2 Å². The first-order valence-corrected chi connectivity index (χ1v) is 4.83. The first-order chi connectivity index (χ1) is 5.04. The van der Waals surface area contributed by atoms with Crippen LogP contribution in [0.3, 0.4) is 0 Å². The molecule has 1 aromatic rings. The van der Waals surface area contributed by atoms with Gasteiger partial charge >= 0.3 is 0 Å². The quantitative estimate of drug-likeness (QED) is 0.721. The molecule has 0 aliphatic heterocycles. The Hall–Kier alpha value is 0.270. The van der Waals surface area contributed by atoms with Gasteiger partial charge in [0.05, 0.1) is 9.50 Å². The fraction of sp³-hybridized carbons (Fsp3) is 0.143. The molecule has 0 radical (unpaired) electrons. The van der Waals surface area contributed by atoms with Crippen LogP contribution in [-0.4, -0.2) is 5.11 Å². The maximum Gasteiger partial charge on any atom is 0.134 e. The summed E-state index contributed by atoms with van der Waals surface area (Å²) in [4.78, 5) is 0. The van der Waals surface area contributed by atoms with Crippen LogP contribution in [0.5, 0.6) is 5.75 Å². The highest BCUT2D eigenvalue weighted by Gasteiger charge is 2.09. The van der Waals surface area contributed by atoms with E-state index in [1.807, 2.05) is 0 Å². The van der Waals surface area contributed by atoms with Gasteiger partial charge in [0.1, 0.15) is 5.75 Å². The van der Waals surface area contributed by atoms with Gasteiger partial charge in [-0.2, -0.15) is 0 Å². The second-order valence-electron chi connectivity index (χ2n) is 2.15. The highest BCUT2D eigenvalue weighted by molar-refractivity contribution is 9.11. The maximum absolute atomic E-state index is 9.36. The minimum Gasteiger partial charge on any atom is -0.506 e. The number of hydrogen-bond donors (Lipinski definition) is 1. The maximum atomic E-state index is 9.36. The fourth-order valence-electron chi connectivity index (χ4n) is 0.704. The summed E-state index contributed by atoms with van der Waals surface area (Å²) in [6.07, 6.45) is 0. The van der Waals surface area contributed by atoms with Crippen molar-refractivity contribution in [3.63, 3.8) is 0 Å². The van der Waals surface area contributed by atoms with Crippen LogP contribution in [-0.2, 0) is 0 Å². The number of rotatable bonds is 0. The van der Waals surface area contributed by atoms with Gasteiger partial charge in [-0.1, -0.05) is 11.6 Å². The molecule has 0 saturated heterocycles. The van der Waals surface area contributed by atoms with Crippen molar-refractivity contribution in [1.82, 2.24) is 0 Å². The van der Waals surface area contributed by atoms with E-state index in [9.17, 15) is 5.11 Å². The number of halogens is 3. The summed E-state index contributed by atoms with van der Waals surface area (Å²) in [5.74, 6) is 0.193. The van der Waals surface area contributed by atoms with Gasteiger partial charge in [0.15, 0.2) is 0 Å². The van der Waals surface area contributed by atoms with Crippen LogP contribution in [0.4, 0.5) is 0 Å². The molecule has 0 fully saturated rings.